The number of rotatable bonds is 3. The minimum atomic E-state index is -0.456. The highest BCUT2D eigenvalue weighted by Gasteiger charge is 2.33. The van der Waals surface area contributed by atoms with E-state index in [0.29, 0.717) is 18.3 Å². The lowest BCUT2D eigenvalue weighted by molar-refractivity contribution is 0.0525. The Hall–Kier alpha value is -1.47. The third-order valence-corrected chi connectivity index (χ3v) is 4.87. The van der Waals surface area contributed by atoms with E-state index in [1.54, 1.807) is 12.3 Å². The zero-order valence-corrected chi connectivity index (χ0v) is 12.9. The molecule has 1 aromatic rings. The van der Waals surface area contributed by atoms with E-state index in [4.69, 9.17) is 4.74 Å². The van der Waals surface area contributed by atoms with Gasteiger partial charge in [-0.3, -0.25) is 9.69 Å². The minimum absolute atomic E-state index is 0.0756. The molecule has 114 valence electrons. The van der Waals surface area contributed by atoms with E-state index in [-0.39, 0.29) is 10.9 Å². The zero-order chi connectivity index (χ0) is 14.8. The molecule has 1 unspecified atom stereocenters. The van der Waals surface area contributed by atoms with Gasteiger partial charge in [0.05, 0.1) is 6.61 Å². The fourth-order valence-corrected chi connectivity index (χ4v) is 3.68. The Balaban J connectivity index is 1.66. The van der Waals surface area contributed by atoms with Crippen molar-refractivity contribution in [3.63, 3.8) is 0 Å². The SMILES string of the molecule is CCOC(=O)c1nc(C(=O)N2CCN3CCCC3C2)cs1. The van der Waals surface area contributed by atoms with Crippen LogP contribution in [0.2, 0.25) is 0 Å². The van der Waals surface area contributed by atoms with Crippen molar-refractivity contribution in [1.29, 1.82) is 0 Å². The summed E-state index contributed by atoms with van der Waals surface area (Å²) in [6.45, 7) is 5.65. The third-order valence-electron chi connectivity index (χ3n) is 4.05. The Labute approximate surface area is 127 Å². The number of carbonyl (C=O) groups excluding carboxylic acids is 2. The second-order valence-electron chi connectivity index (χ2n) is 5.34. The predicted molar refractivity (Wildman–Crippen MR) is 78.6 cm³/mol. The van der Waals surface area contributed by atoms with Crippen molar-refractivity contribution in [1.82, 2.24) is 14.8 Å². The molecule has 2 saturated heterocycles. The number of aromatic nitrogens is 1. The Morgan fingerprint density at radius 2 is 2.29 bits per heavy atom. The predicted octanol–water partition coefficient (Wildman–Crippen LogP) is 1.24. The molecule has 0 aliphatic carbocycles. The van der Waals surface area contributed by atoms with Gasteiger partial charge < -0.3 is 9.64 Å². The molecule has 2 aliphatic heterocycles. The van der Waals surface area contributed by atoms with Crippen LogP contribution in [0.1, 0.15) is 40.1 Å². The van der Waals surface area contributed by atoms with Gasteiger partial charge in [-0.2, -0.15) is 0 Å². The van der Waals surface area contributed by atoms with E-state index >= 15 is 0 Å². The van der Waals surface area contributed by atoms with Crippen LogP contribution in [0, 0.1) is 0 Å². The van der Waals surface area contributed by atoms with Crippen molar-refractivity contribution >= 4 is 23.2 Å². The maximum Gasteiger partial charge on any atom is 0.367 e. The van der Waals surface area contributed by atoms with Gasteiger partial charge in [0, 0.05) is 31.1 Å². The number of carbonyl (C=O) groups is 2. The lowest BCUT2D eigenvalue weighted by atomic mass is 10.1. The number of esters is 1. The first kappa shape index (κ1) is 14.5. The number of ether oxygens (including phenoxy) is 1. The molecule has 7 heteroatoms. The Morgan fingerprint density at radius 3 is 3.10 bits per heavy atom. The normalized spacial score (nSPS) is 22.1. The number of fused-ring (bicyclic) bond motifs is 1. The van der Waals surface area contributed by atoms with Crippen molar-refractivity contribution in [3.05, 3.63) is 16.1 Å². The van der Waals surface area contributed by atoms with Crippen molar-refractivity contribution < 1.29 is 14.3 Å². The van der Waals surface area contributed by atoms with Crippen LogP contribution in [0.3, 0.4) is 0 Å². The van der Waals surface area contributed by atoms with Gasteiger partial charge in [0.15, 0.2) is 0 Å². The number of nitrogens with zero attached hydrogens (tertiary/aromatic N) is 3. The number of amides is 1. The summed E-state index contributed by atoms with van der Waals surface area (Å²) in [6.07, 6.45) is 2.38. The smallest absolute Gasteiger partial charge is 0.367 e. The van der Waals surface area contributed by atoms with Crippen LogP contribution in [0.4, 0.5) is 0 Å². The summed E-state index contributed by atoms with van der Waals surface area (Å²) in [5.41, 5.74) is 0.356. The van der Waals surface area contributed by atoms with Crippen molar-refractivity contribution in [2.45, 2.75) is 25.8 Å². The van der Waals surface area contributed by atoms with Gasteiger partial charge in [-0.1, -0.05) is 0 Å². The first-order valence-electron chi connectivity index (χ1n) is 7.35. The maximum absolute atomic E-state index is 12.5. The summed E-state index contributed by atoms with van der Waals surface area (Å²) < 4.78 is 4.90. The molecule has 6 nitrogen and oxygen atoms in total. The zero-order valence-electron chi connectivity index (χ0n) is 12.1. The van der Waals surface area contributed by atoms with E-state index in [1.165, 1.54) is 17.8 Å². The molecule has 0 saturated carbocycles. The summed E-state index contributed by atoms with van der Waals surface area (Å²) in [6, 6.07) is 0.492. The molecule has 3 rings (SSSR count). The summed E-state index contributed by atoms with van der Waals surface area (Å²) in [5, 5.41) is 1.90. The van der Waals surface area contributed by atoms with Crippen LogP contribution in [-0.4, -0.2) is 65.5 Å². The van der Waals surface area contributed by atoms with Gasteiger partial charge in [0.25, 0.3) is 5.91 Å². The van der Waals surface area contributed by atoms with E-state index in [9.17, 15) is 9.59 Å². The fraction of sp³-hybridized carbons (Fsp3) is 0.643. The highest BCUT2D eigenvalue weighted by atomic mass is 32.1. The van der Waals surface area contributed by atoms with Crippen LogP contribution in [0.15, 0.2) is 5.38 Å². The molecule has 0 aromatic carbocycles. The number of hydrogen-bond donors (Lipinski definition) is 0. The number of thiazole rings is 1. The van der Waals surface area contributed by atoms with Crippen LogP contribution >= 0.6 is 11.3 Å². The van der Waals surface area contributed by atoms with Gasteiger partial charge in [0.1, 0.15) is 5.69 Å². The van der Waals surface area contributed by atoms with Crippen molar-refractivity contribution in [2.24, 2.45) is 0 Å². The molecule has 3 heterocycles. The first-order chi connectivity index (χ1) is 10.2. The lowest BCUT2D eigenvalue weighted by Gasteiger charge is -2.37. The van der Waals surface area contributed by atoms with Gasteiger partial charge in [-0.05, 0) is 26.3 Å². The Bertz CT molecular complexity index is 545. The Kier molecular flexibility index (Phi) is 4.21. The average molecular weight is 309 g/mol. The second-order valence-corrected chi connectivity index (χ2v) is 6.20. The average Bonchev–Trinajstić information content (AvgIpc) is 3.15. The topological polar surface area (TPSA) is 62.7 Å². The number of hydrogen-bond acceptors (Lipinski definition) is 6. The molecule has 0 bridgehead atoms. The highest BCUT2D eigenvalue weighted by Crippen LogP contribution is 2.23. The fourth-order valence-electron chi connectivity index (χ4n) is 3.00. The van der Waals surface area contributed by atoms with Crippen LogP contribution in [-0.2, 0) is 4.74 Å². The van der Waals surface area contributed by atoms with Gasteiger partial charge in [-0.25, -0.2) is 9.78 Å². The summed E-state index contributed by atoms with van der Waals surface area (Å²) >= 11 is 1.17. The van der Waals surface area contributed by atoms with E-state index in [2.05, 4.69) is 9.88 Å². The largest absolute Gasteiger partial charge is 0.461 e. The monoisotopic (exact) mass is 309 g/mol. The van der Waals surface area contributed by atoms with Crippen LogP contribution < -0.4 is 0 Å². The molecule has 2 aliphatic rings. The molecular weight excluding hydrogens is 290 g/mol. The maximum atomic E-state index is 12.5. The molecule has 0 N–H and O–H groups in total. The second kappa shape index (κ2) is 6.11. The van der Waals surface area contributed by atoms with Gasteiger partial charge in [0.2, 0.25) is 5.01 Å². The van der Waals surface area contributed by atoms with E-state index in [0.717, 1.165) is 32.6 Å². The minimum Gasteiger partial charge on any atom is -0.461 e. The van der Waals surface area contributed by atoms with Crippen molar-refractivity contribution in [3.8, 4) is 0 Å². The van der Waals surface area contributed by atoms with E-state index < -0.39 is 5.97 Å². The van der Waals surface area contributed by atoms with Crippen LogP contribution in [0.5, 0.6) is 0 Å². The molecule has 0 radical (unpaired) electrons. The summed E-state index contributed by atoms with van der Waals surface area (Å²) in [7, 11) is 0. The molecule has 1 amide bonds. The third kappa shape index (κ3) is 2.94. The summed E-state index contributed by atoms with van der Waals surface area (Å²) in [4.78, 5) is 32.5. The molecular formula is C14H19N3O3S. The number of piperazine rings is 1. The molecule has 0 spiro atoms. The Morgan fingerprint density at radius 1 is 1.43 bits per heavy atom. The van der Waals surface area contributed by atoms with Gasteiger partial charge >= 0.3 is 5.97 Å². The standard InChI is InChI=1S/C14H19N3O3S/c1-2-20-14(19)12-15-11(9-21-12)13(18)17-7-6-16-5-3-4-10(16)8-17/h9-10H,2-8H2,1H3. The molecule has 1 atom stereocenters. The molecule has 21 heavy (non-hydrogen) atoms. The summed E-state index contributed by atoms with van der Waals surface area (Å²) in [5.74, 6) is -0.532. The lowest BCUT2D eigenvalue weighted by Crippen LogP contribution is -2.52. The highest BCUT2D eigenvalue weighted by molar-refractivity contribution is 7.11. The quantitative estimate of drug-likeness (QED) is 0.786. The molecule has 2 fully saturated rings. The van der Waals surface area contributed by atoms with Crippen LogP contribution in [0.25, 0.3) is 0 Å². The van der Waals surface area contributed by atoms with Gasteiger partial charge in [-0.15, -0.1) is 11.3 Å². The van der Waals surface area contributed by atoms with E-state index in [1.807, 2.05) is 4.90 Å². The molecule has 1 aromatic heterocycles. The van der Waals surface area contributed by atoms with Crippen molar-refractivity contribution in [2.75, 3.05) is 32.8 Å². The first-order valence-corrected chi connectivity index (χ1v) is 8.23.